The van der Waals surface area contributed by atoms with Gasteiger partial charge in [0.15, 0.2) is 8.32 Å². The molecule has 0 aromatic heterocycles. The normalized spacial score (nSPS) is 13.4. The zero-order valence-corrected chi connectivity index (χ0v) is 25.0. The minimum absolute atomic E-state index is 0.0605. The number of hydrogen-bond acceptors (Lipinski definition) is 5. The van der Waals surface area contributed by atoms with Crippen LogP contribution in [0.4, 0.5) is 5.69 Å². The van der Waals surface area contributed by atoms with E-state index in [1.807, 2.05) is 19.1 Å². The van der Waals surface area contributed by atoms with E-state index < -0.39 is 32.3 Å². The first-order chi connectivity index (χ1) is 16.2. The molecule has 0 aliphatic carbocycles. The quantitative estimate of drug-likeness (QED) is 0.206. The maximum atomic E-state index is 13.3. The number of carbonyl (C=O) groups excluding carboxylic acids is 2. The van der Waals surface area contributed by atoms with Crippen molar-refractivity contribution in [3.05, 3.63) is 61.7 Å². The molecule has 2 aromatic carbocycles. The molecule has 2 rings (SSSR count). The second kappa shape index (κ2) is 11.7. The van der Waals surface area contributed by atoms with Gasteiger partial charge in [0.25, 0.3) is 11.8 Å². The van der Waals surface area contributed by atoms with Gasteiger partial charge in [-0.3, -0.25) is 20.4 Å². The molecule has 188 valence electrons. The molecule has 0 heterocycles. The first kappa shape index (κ1) is 29.1. The molecule has 0 fully saturated rings. The highest BCUT2D eigenvalue weighted by atomic mass is 127. The molecule has 0 aliphatic heterocycles. The summed E-state index contributed by atoms with van der Waals surface area (Å²) in [6, 6.07) is 11.5. The molecule has 2 atom stereocenters. The largest absolute Gasteiger partial charge is 0.412 e. The second-order valence-electron chi connectivity index (χ2n) is 9.87. The average molecular weight is 627 g/mol. The molecule has 0 saturated heterocycles. The lowest BCUT2D eigenvalue weighted by Gasteiger charge is -2.40. The van der Waals surface area contributed by atoms with Gasteiger partial charge in [-0.25, -0.2) is 0 Å². The number of rotatable bonds is 7. The van der Waals surface area contributed by atoms with Crippen molar-refractivity contribution < 1.29 is 14.0 Å². The lowest BCUT2D eigenvalue weighted by molar-refractivity contribution is -0.124. The number of nitrogens with zero attached hydrogens (tertiary/aromatic N) is 1. The maximum absolute atomic E-state index is 13.3. The number of hydrazine groups is 1. The Morgan fingerprint density at radius 2 is 1.71 bits per heavy atom. The molecule has 0 aliphatic rings. The van der Waals surface area contributed by atoms with E-state index in [4.69, 9.17) is 16.0 Å². The number of anilines is 1. The van der Waals surface area contributed by atoms with Crippen LogP contribution < -0.4 is 16.2 Å². The van der Waals surface area contributed by atoms with Crippen LogP contribution in [-0.2, 0) is 9.22 Å². The fourth-order valence-electron chi connectivity index (χ4n) is 3.07. The van der Waals surface area contributed by atoms with E-state index in [1.54, 1.807) is 31.2 Å². The van der Waals surface area contributed by atoms with Crippen molar-refractivity contribution in [2.24, 2.45) is 0 Å². The number of benzene rings is 2. The molecule has 0 unspecified atom stereocenters. The van der Waals surface area contributed by atoms with Crippen LogP contribution in [0.15, 0.2) is 36.4 Å². The van der Waals surface area contributed by atoms with Crippen molar-refractivity contribution in [2.75, 3.05) is 5.32 Å². The van der Waals surface area contributed by atoms with Gasteiger partial charge in [-0.15, -0.1) is 0 Å². The van der Waals surface area contributed by atoms with Gasteiger partial charge in [0, 0.05) is 14.8 Å². The lowest BCUT2D eigenvalue weighted by atomic mass is 10.1. The van der Waals surface area contributed by atoms with Crippen LogP contribution in [-0.4, -0.2) is 32.3 Å². The molecular weight excluding hydrogens is 595 g/mol. The Hall–Kier alpha value is -2.13. The van der Waals surface area contributed by atoms with E-state index in [2.05, 4.69) is 78.7 Å². The fourth-order valence-corrected chi connectivity index (χ4v) is 5.06. The SMILES string of the molecule is Cc1c(N[C@@H](C(=O)NNC(=O)c2ccc(I)cc2)[C@H](C)O[Si](C)(C)C(C)(C)C)ccc(C#N)c1Cl. The summed E-state index contributed by atoms with van der Waals surface area (Å²) < 4.78 is 7.49. The summed E-state index contributed by atoms with van der Waals surface area (Å²) >= 11 is 8.50. The number of nitriles is 1. The minimum atomic E-state index is -2.21. The molecule has 0 bridgehead atoms. The highest BCUT2D eigenvalue weighted by molar-refractivity contribution is 14.1. The van der Waals surface area contributed by atoms with E-state index in [0.717, 1.165) is 3.57 Å². The highest BCUT2D eigenvalue weighted by Gasteiger charge is 2.41. The molecule has 10 heteroatoms. The Morgan fingerprint density at radius 1 is 1.11 bits per heavy atom. The van der Waals surface area contributed by atoms with Crippen molar-refractivity contribution in [1.29, 1.82) is 5.26 Å². The Kier molecular flexibility index (Phi) is 9.76. The van der Waals surface area contributed by atoms with Crippen molar-refractivity contribution in [2.45, 2.75) is 64.9 Å². The second-order valence-corrected chi connectivity index (χ2v) is 16.2. The van der Waals surface area contributed by atoms with E-state index >= 15 is 0 Å². The molecule has 0 saturated carbocycles. The molecule has 0 spiro atoms. The van der Waals surface area contributed by atoms with E-state index in [0.29, 0.717) is 27.4 Å². The van der Waals surface area contributed by atoms with Crippen LogP contribution in [0.5, 0.6) is 0 Å². The van der Waals surface area contributed by atoms with Crippen LogP contribution >= 0.6 is 34.2 Å². The topological polar surface area (TPSA) is 103 Å². The standard InChI is InChI=1S/C25H32ClIN4O3Si/c1-15-20(13-10-18(14-28)21(15)26)29-22(16(2)34-35(6,7)25(3,4)5)24(33)31-30-23(32)17-8-11-19(27)12-9-17/h8-13,16,22,29H,1-7H3,(H,30,32)(H,31,33)/t16-,22+/m0/s1. The summed E-state index contributed by atoms with van der Waals surface area (Å²) in [4.78, 5) is 25.8. The number of amides is 2. The van der Waals surface area contributed by atoms with Crippen LogP contribution in [0.1, 0.15) is 49.2 Å². The zero-order valence-electron chi connectivity index (χ0n) is 21.0. The van der Waals surface area contributed by atoms with Gasteiger partial charge in [0.05, 0.1) is 16.7 Å². The van der Waals surface area contributed by atoms with Gasteiger partial charge in [-0.2, -0.15) is 5.26 Å². The lowest BCUT2D eigenvalue weighted by Crippen LogP contribution is -2.55. The average Bonchev–Trinajstić information content (AvgIpc) is 2.77. The third kappa shape index (κ3) is 7.43. The first-order valence-electron chi connectivity index (χ1n) is 11.2. The molecule has 2 amide bonds. The summed E-state index contributed by atoms with van der Waals surface area (Å²) in [6.45, 7) is 14.2. The van der Waals surface area contributed by atoms with Gasteiger partial charge in [0.1, 0.15) is 12.1 Å². The van der Waals surface area contributed by atoms with Crippen LogP contribution in [0.2, 0.25) is 23.2 Å². The van der Waals surface area contributed by atoms with E-state index in [9.17, 15) is 14.9 Å². The van der Waals surface area contributed by atoms with Gasteiger partial charge in [-0.05, 0) is 96.5 Å². The van der Waals surface area contributed by atoms with Crippen LogP contribution in [0.3, 0.4) is 0 Å². The van der Waals surface area contributed by atoms with Gasteiger partial charge < -0.3 is 9.74 Å². The third-order valence-corrected chi connectivity index (χ3v) is 12.0. The molecular formula is C25H32ClIN4O3Si. The van der Waals surface area contributed by atoms with Gasteiger partial charge in [-0.1, -0.05) is 32.4 Å². The number of hydrogen-bond donors (Lipinski definition) is 3. The number of halogens is 2. The monoisotopic (exact) mass is 626 g/mol. The summed E-state index contributed by atoms with van der Waals surface area (Å²) in [5.41, 5.74) is 7.03. The van der Waals surface area contributed by atoms with Crippen molar-refractivity contribution in [1.82, 2.24) is 10.9 Å². The van der Waals surface area contributed by atoms with E-state index in [1.165, 1.54) is 0 Å². The smallest absolute Gasteiger partial charge is 0.269 e. The molecule has 3 N–H and O–H groups in total. The Morgan fingerprint density at radius 3 is 2.26 bits per heavy atom. The number of carbonyl (C=O) groups is 2. The van der Waals surface area contributed by atoms with Crippen molar-refractivity contribution >= 4 is 60.0 Å². The Balaban J connectivity index is 2.29. The summed E-state index contributed by atoms with van der Waals surface area (Å²) in [5.74, 6) is -0.890. The summed E-state index contributed by atoms with van der Waals surface area (Å²) in [5, 5.41) is 12.7. The van der Waals surface area contributed by atoms with Crippen molar-refractivity contribution in [3.8, 4) is 6.07 Å². The predicted octanol–water partition coefficient (Wildman–Crippen LogP) is 5.78. The van der Waals surface area contributed by atoms with Gasteiger partial charge >= 0.3 is 0 Å². The minimum Gasteiger partial charge on any atom is -0.412 e. The van der Waals surface area contributed by atoms with Crippen LogP contribution in [0.25, 0.3) is 0 Å². The first-order valence-corrected chi connectivity index (χ1v) is 15.5. The third-order valence-electron chi connectivity index (χ3n) is 6.26. The van der Waals surface area contributed by atoms with Crippen molar-refractivity contribution in [3.63, 3.8) is 0 Å². The highest BCUT2D eigenvalue weighted by Crippen LogP contribution is 2.38. The van der Waals surface area contributed by atoms with Crippen LogP contribution in [0, 0.1) is 21.8 Å². The zero-order chi connectivity index (χ0) is 26.6. The summed E-state index contributed by atoms with van der Waals surface area (Å²) in [6.07, 6.45) is -0.528. The van der Waals surface area contributed by atoms with Gasteiger partial charge in [0.2, 0.25) is 0 Å². The molecule has 0 radical (unpaired) electrons. The van der Waals surface area contributed by atoms with E-state index in [-0.39, 0.29) is 5.04 Å². The summed E-state index contributed by atoms with van der Waals surface area (Å²) in [7, 11) is -2.21. The Labute approximate surface area is 227 Å². The predicted molar refractivity (Wildman–Crippen MR) is 151 cm³/mol. The number of nitrogens with one attached hydrogen (secondary N) is 3. The molecule has 35 heavy (non-hydrogen) atoms. The Bertz CT molecular complexity index is 1130. The maximum Gasteiger partial charge on any atom is 0.269 e. The fraction of sp³-hybridized carbons (Fsp3) is 0.400. The molecule has 7 nitrogen and oxygen atoms in total. The molecule has 2 aromatic rings.